The van der Waals surface area contributed by atoms with Crippen molar-refractivity contribution in [3.63, 3.8) is 0 Å². The molecule has 0 spiro atoms. The normalized spacial score (nSPS) is 12.9. The fraction of sp³-hybridized carbons (Fsp3) is 0.636. The maximum absolute atomic E-state index is 11.2. The van der Waals surface area contributed by atoms with E-state index in [1.165, 1.54) is 6.08 Å². The molecule has 0 rings (SSSR count). The van der Waals surface area contributed by atoms with Crippen LogP contribution < -0.4 is 0 Å². The minimum atomic E-state index is -0.968. The number of carbonyl (C=O) groups is 2. The van der Waals surface area contributed by atoms with Gasteiger partial charge in [0.1, 0.15) is 6.54 Å². The molecule has 0 saturated heterocycles. The first-order chi connectivity index (χ1) is 7.24. The molecule has 0 fully saturated rings. The van der Waals surface area contributed by atoms with Crippen molar-refractivity contribution in [1.82, 2.24) is 0 Å². The molecule has 0 amide bonds. The Balaban J connectivity index is 4.36. The lowest BCUT2D eigenvalue weighted by atomic mass is 10.2. The fourth-order valence-corrected chi connectivity index (χ4v) is 1.30. The van der Waals surface area contributed by atoms with Crippen LogP contribution in [0.15, 0.2) is 12.7 Å². The average molecular weight is 230 g/mol. The van der Waals surface area contributed by atoms with Crippen molar-refractivity contribution >= 4 is 11.9 Å². The van der Waals surface area contributed by atoms with E-state index in [0.717, 1.165) is 0 Å². The molecule has 0 bridgehead atoms. The molecule has 0 aliphatic rings. The molecule has 0 saturated carbocycles. The molecule has 1 unspecified atom stereocenters. The first kappa shape index (κ1) is 14.6. The van der Waals surface area contributed by atoms with E-state index in [0.29, 0.717) is 11.0 Å². The van der Waals surface area contributed by atoms with Gasteiger partial charge in [-0.05, 0) is 0 Å². The van der Waals surface area contributed by atoms with Gasteiger partial charge in [0.15, 0.2) is 6.10 Å². The summed E-state index contributed by atoms with van der Waals surface area (Å²) >= 11 is 0. The summed E-state index contributed by atoms with van der Waals surface area (Å²) in [6, 6.07) is 0. The molecule has 0 radical (unpaired) electrons. The topological polar surface area (TPSA) is 63.6 Å². The number of rotatable bonds is 7. The molecule has 0 aliphatic carbocycles. The van der Waals surface area contributed by atoms with Crippen LogP contribution in [0.5, 0.6) is 0 Å². The SMILES string of the molecule is C=CCC(=O)OC(CC(=O)O)C[N+](C)(C)C. The van der Waals surface area contributed by atoms with E-state index in [4.69, 9.17) is 9.84 Å². The van der Waals surface area contributed by atoms with Gasteiger partial charge in [-0.3, -0.25) is 9.59 Å². The van der Waals surface area contributed by atoms with E-state index in [9.17, 15) is 9.59 Å². The smallest absolute Gasteiger partial charge is 0.310 e. The summed E-state index contributed by atoms with van der Waals surface area (Å²) in [5.41, 5.74) is 0. The molecular formula is C11H20NO4+. The Morgan fingerprint density at radius 3 is 2.38 bits per heavy atom. The van der Waals surface area contributed by atoms with Gasteiger partial charge >= 0.3 is 11.9 Å². The predicted octanol–water partition coefficient (Wildman–Crippen LogP) is 0.655. The third-order valence-corrected chi connectivity index (χ3v) is 1.76. The number of carboxylic acids is 1. The summed E-state index contributed by atoms with van der Waals surface area (Å²) in [7, 11) is 5.74. The van der Waals surface area contributed by atoms with Crippen molar-refractivity contribution in [2.24, 2.45) is 0 Å². The highest BCUT2D eigenvalue weighted by atomic mass is 16.5. The number of carbonyl (C=O) groups excluding carboxylic acids is 1. The molecular weight excluding hydrogens is 210 g/mol. The highest BCUT2D eigenvalue weighted by Crippen LogP contribution is 2.06. The lowest BCUT2D eigenvalue weighted by Gasteiger charge is -2.28. The van der Waals surface area contributed by atoms with Gasteiger partial charge in [0.25, 0.3) is 0 Å². The summed E-state index contributed by atoms with van der Waals surface area (Å²) in [6.45, 7) is 3.89. The largest absolute Gasteiger partial charge is 0.481 e. The van der Waals surface area contributed by atoms with Gasteiger partial charge in [-0.15, -0.1) is 6.58 Å². The van der Waals surface area contributed by atoms with Crippen LogP contribution in [0.3, 0.4) is 0 Å². The molecule has 0 aromatic rings. The number of likely N-dealkylation sites (N-methyl/N-ethyl adjacent to an activating group) is 1. The molecule has 5 nitrogen and oxygen atoms in total. The Kier molecular flexibility index (Phi) is 5.74. The Labute approximate surface area is 95.9 Å². The summed E-state index contributed by atoms with van der Waals surface area (Å²) in [6.07, 6.45) is 0.780. The second-order valence-corrected chi connectivity index (χ2v) is 4.68. The van der Waals surface area contributed by atoms with Crippen LogP contribution >= 0.6 is 0 Å². The number of ether oxygens (including phenoxy) is 1. The van der Waals surface area contributed by atoms with Gasteiger partial charge in [0, 0.05) is 0 Å². The molecule has 0 aliphatic heterocycles. The highest BCUT2D eigenvalue weighted by molar-refractivity contribution is 5.72. The van der Waals surface area contributed by atoms with E-state index in [2.05, 4.69) is 6.58 Å². The van der Waals surface area contributed by atoms with Crippen molar-refractivity contribution < 1.29 is 23.9 Å². The highest BCUT2D eigenvalue weighted by Gasteiger charge is 2.24. The zero-order chi connectivity index (χ0) is 12.8. The number of esters is 1. The monoisotopic (exact) mass is 230 g/mol. The predicted molar refractivity (Wildman–Crippen MR) is 59.8 cm³/mol. The Hall–Kier alpha value is -1.36. The number of nitrogens with zero attached hydrogens (tertiary/aromatic N) is 1. The van der Waals surface area contributed by atoms with Crippen LogP contribution in [-0.2, 0) is 14.3 Å². The lowest BCUT2D eigenvalue weighted by molar-refractivity contribution is -0.873. The zero-order valence-corrected chi connectivity index (χ0v) is 10.1. The Morgan fingerprint density at radius 1 is 1.44 bits per heavy atom. The fourth-order valence-electron chi connectivity index (χ4n) is 1.30. The minimum Gasteiger partial charge on any atom is -0.481 e. The van der Waals surface area contributed by atoms with Gasteiger partial charge < -0.3 is 14.3 Å². The quantitative estimate of drug-likeness (QED) is 0.396. The van der Waals surface area contributed by atoms with Crippen molar-refractivity contribution in [2.75, 3.05) is 27.7 Å². The Bertz CT molecular complexity index is 268. The first-order valence-corrected chi connectivity index (χ1v) is 5.07. The number of hydrogen-bond donors (Lipinski definition) is 1. The van der Waals surface area contributed by atoms with Gasteiger partial charge in [0.2, 0.25) is 0 Å². The average Bonchev–Trinajstić information content (AvgIpc) is 1.98. The summed E-state index contributed by atoms with van der Waals surface area (Å²) < 4.78 is 5.61. The van der Waals surface area contributed by atoms with E-state index < -0.39 is 18.0 Å². The van der Waals surface area contributed by atoms with Gasteiger partial charge in [-0.1, -0.05) is 6.08 Å². The number of quaternary nitrogens is 1. The number of aliphatic carboxylic acids is 1. The minimum absolute atomic E-state index is 0.104. The van der Waals surface area contributed by atoms with E-state index in [1.54, 1.807) is 0 Å². The third kappa shape index (κ3) is 7.99. The summed E-state index contributed by atoms with van der Waals surface area (Å²) in [5.74, 6) is -1.40. The number of hydrogen-bond acceptors (Lipinski definition) is 3. The molecule has 1 N–H and O–H groups in total. The van der Waals surface area contributed by atoms with Crippen LogP contribution in [0.4, 0.5) is 0 Å². The van der Waals surface area contributed by atoms with Crippen molar-refractivity contribution in [1.29, 1.82) is 0 Å². The van der Waals surface area contributed by atoms with Crippen LogP contribution in [-0.4, -0.2) is 55.3 Å². The van der Waals surface area contributed by atoms with Gasteiger partial charge in [-0.25, -0.2) is 0 Å². The van der Waals surface area contributed by atoms with Crippen LogP contribution in [0.1, 0.15) is 12.8 Å². The molecule has 1 atom stereocenters. The summed E-state index contributed by atoms with van der Waals surface area (Å²) in [5, 5.41) is 8.71. The Morgan fingerprint density at radius 2 is 2.00 bits per heavy atom. The van der Waals surface area contributed by atoms with E-state index >= 15 is 0 Å². The van der Waals surface area contributed by atoms with Crippen LogP contribution in [0.25, 0.3) is 0 Å². The van der Waals surface area contributed by atoms with Crippen molar-refractivity contribution in [3.8, 4) is 0 Å². The maximum Gasteiger partial charge on any atom is 0.310 e. The molecule has 92 valence electrons. The van der Waals surface area contributed by atoms with Crippen LogP contribution in [0, 0.1) is 0 Å². The lowest BCUT2D eigenvalue weighted by Crippen LogP contribution is -2.43. The summed E-state index contributed by atoms with van der Waals surface area (Å²) in [4.78, 5) is 21.8. The van der Waals surface area contributed by atoms with Gasteiger partial charge in [0.05, 0.1) is 34.0 Å². The molecule has 0 heterocycles. The van der Waals surface area contributed by atoms with Crippen molar-refractivity contribution in [2.45, 2.75) is 18.9 Å². The van der Waals surface area contributed by atoms with E-state index in [-0.39, 0.29) is 12.8 Å². The number of carboxylic acid groups (broad SMARTS) is 1. The molecule has 0 aromatic carbocycles. The molecule has 16 heavy (non-hydrogen) atoms. The molecule has 0 aromatic heterocycles. The zero-order valence-electron chi connectivity index (χ0n) is 10.1. The van der Waals surface area contributed by atoms with Crippen molar-refractivity contribution in [3.05, 3.63) is 12.7 Å². The van der Waals surface area contributed by atoms with Crippen LogP contribution in [0.2, 0.25) is 0 Å². The third-order valence-electron chi connectivity index (χ3n) is 1.76. The maximum atomic E-state index is 11.2. The van der Waals surface area contributed by atoms with Gasteiger partial charge in [-0.2, -0.15) is 0 Å². The molecule has 5 heteroatoms. The standard InChI is InChI=1S/C11H19NO4/c1-5-6-11(15)16-9(7-10(13)14)8-12(2,3)4/h5,9H,1,6-8H2,2-4H3/p+1. The second kappa shape index (κ2) is 6.27. The van der Waals surface area contributed by atoms with E-state index in [1.807, 2.05) is 21.1 Å². The first-order valence-electron chi connectivity index (χ1n) is 5.07. The second-order valence-electron chi connectivity index (χ2n) is 4.68.